The molecule has 0 radical (unpaired) electrons. The molecule has 0 amide bonds. The molecule has 0 saturated carbocycles. The van der Waals surface area contributed by atoms with Crippen LogP contribution in [0.1, 0.15) is 26.4 Å². The van der Waals surface area contributed by atoms with E-state index < -0.39 is 0 Å². The van der Waals surface area contributed by atoms with Gasteiger partial charge in [0, 0.05) is 0 Å². The van der Waals surface area contributed by atoms with Crippen LogP contribution in [0.5, 0.6) is 0 Å². The third-order valence-electron chi connectivity index (χ3n) is 4.34. The Morgan fingerprint density at radius 2 is 1.18 bits per heavy atom. The minimum Gasteiger partial charge on any atom is -0.388 e. The van der Waals surface area contributed by atoms with Crippen LogP contribution in [0.15, 0.2) is 34.3 Å². The van der Waals surface area contributed by atoms with E-state index in [1.807, 2.05) is 18.4 Å². The Morgan fingerprint density at radius 1 is 0.765 bits per heavy atom. The minimum absolute atomic E-state index is 0.102. The molecular formula is C22H20N4OS7. The molecule has 0 atom stereocenters. The standard InChI is InChI=1S/C14H10N2S4.C6H6OS.C2H4N2S2/c1-7-3-5-17-9(7)11-15-13-14(19-11)16-12(20-13)10-8(2)4-6-18-10;1-5-2-3-8-6(5)4-7;3-1(5)2(4)6/h3-6H,1-2H3;2-4H,1H3;(H2,3,5)(H2,4,6). The number of hydrogen-bond acceptors (Lipinski definition) is 10. The quantitative estimate of drug-likeness (QED) is 0.171. The zero-order chi connectivity index (χ0) is 24.8. The van der Waals surface area contributed by atoms with E-state index in [0.717, 1.165) is 36.4 Å². The Labute approximate surface area is 228 Å². The van der Waals surface area contributed by atoms with Crippen LogP contribution in [0.2, 0.25) is 0 Å². The van der Waals surface area contributed by atoms with Crippen LogP contribution in [0, 0.1) is 20.8 Å². The number of carbonyl (C=O) groups excluding carboxylic acids is 1. The molecule has 4 N–H and O–H groups in total. The molecule has 0 bridgehead atoms. The van der Waals surface area contributed by atoms with Crippen molar-refractivity contribution in [2.24, 2.45) is 11.5 Å². The summed E-state index contributed by atoms with van der Waals surface area (Å²) < 4.78 is 0. The number of thiocarbonyl (C=S) groups is 2. The lowest BCUT2D eigenvalue weighted by atomic mass is 10.3. The maximum atomic E-state index is 10.1. The highest BCUT2D eigenvalue weighted by Crippen LogP contribution is 2.40. The van der Waals surface area contributed by atoms with Crippen LogP contribution in [0.25, 0.3) is 29.4 Å². The predicted octanol–water partition coefficient (Wildman–Crippen LogP) is 7.25. The minimum atomic E-state index is 0.102. The first-order valence-corrected chi connectivity index (χ1v) is 14.7. The zero-order valence-electron chi connectivity index (χ0n) is 18.4. The summed E-state index contributed by atoms with van der Waals surface area (Å²) in [6.45, 7) is 6.20. The average Bonchev–Trinajstić information content (AvgIpc) is 3.58. The summed E-state index contributed by atoms with van der Waals surface area (Å²) in [5.74, 6) is 0. The number of hydrogen-bond donors (Lipinski definition) is 2. The molecule has 5 aromatic rings. The average molecular weight is 581 g/mol. The van der Waals surface area contributed by atoms with E-state index in [0.29, 0.717) is 0 Å². The van der Waals surface area contributed by atoms with Crippen molar-refractivity contribution < 1.29 is 4.79 Å². The number of nitrogens with two attached hydrogens (primary N) is 2. The van der Waals surface area contributed by atoms with Crippen molar-refractivity contribution >= 4 is 107 Å². The number of aromatic nitrogens is 2. The van der Waals surface area contributed by atoms with Gasteiger partial charge in [-0.15, -0.1) is 34.0 Å². The monoisotopic (exact) mass is 580 g/mol. The molecule has 0 saturated heterocycles. The fourth-order valence-electron chi connectivity index (χ4n) is 2.52. The largest absolute Gasteiger partial charge is 0.388 e. The second-order valence-corrected chi connectivity index (χ2v) is 12.4. The van der Waals surface area contributed by atoms with Crippen LogP contribution in [0.3, 0.4) is 0 Å². The van der Waals surface area contributed by atoms with E-state index in [1.54, 1.807) is 45.3 Å². The molecule has 5 nitrogen and oxygen atoms in total. The van der Waals surface area contributed by atoms with E-state index in [9.17, 15) is 4.79 Å². The lowest BCUT2D eigenvalue weighted by Crippen LogP contribution is -2.26. The number of thiazole rings is 2. The molecule has 0 unspecified atom stereocenters. The molecule has 5 aromatic heterocycles. The highest BCUT2D eigenvalue weighted by molar-refractivity contribution is 7.89. The summed E-state index contributed by atoms with van der Waals surface area (Å²) >= 11 is 17.0. The highest BCUT2D eigenvalue weighted by atomic mass is 32.1. The van der Waals surface area contributed by atoms with Gasteiger partial charge >= 0.3 is 0 Å². The molecule has 0 aromatic carbocycles. The molecule has 0 aliphatic carbocycles. The molecule has 34 heavy (non-hydrogen) atoms. The normalized spacial score (nSPS) is 10.2. The molecule has 0 fully saturated rings. The third-order valence-corrected chi connectivity index (χ3v) is 10.2. The van der Waals surface area contributed by atoms with Gasteiger partial charge < -0.3 is 11.5 Å². The van der Waals surface area contributed by atoms with Crippen LogP contribution in [-0.4, -0.2) is 26.2 Å². The fourth-order valence-corrected chi connectivity index (χ4v) is 7.46. The summed E-state index contributed by atoms with van der Waals surface area (Å²) in [6, 6.07) is 6.22. The number of fused-ring (bicyclic) bond motifs is 1. The first-order valence-electron chi connectivity index (χ1n) is 9.66. The van der Waals surface area contributed by atoms with Gasteiger partial charge in [-0.2, -0.15) is 0 Å². The lowest BCUT2D eigenvalue weighted by Gasteiger charge is -1.93. The smallest absolute Gasteiger partial charge is 0.160 e. The van der Waals surface area contributed by atoms with Gasteiger partial charge in [0.15, 0.2) is 15.9 Å². The second-order valence-electron chi connectivity index (χ2n) is 6.83. The molecule has 0 aliphatic heterocycles. The Hall–Kier alpha value is -1.93. The first kappa shape index (κ1) is 26.7. The maximum Gasteiger partial charge on any atom is 0.160 e. The van der Waals surface area contributed by atoms with Gasteiger partial charge in [0.05, 0.1) is 14.6 Å². The maximum absolute atomic E-state index is 10.1. The first-order chi connectivity index (χ1) is 16.2. The molecule has 5 rings (SSSR count). The van der Waals surface area contributed by atoms with E-state index in [-0.39, 0.29) is 9.98 Å². The van der Waals surface area contributed by atoms with Crippen LogP contribution in [-0.2, 0) is 0 Å². The topological polar surface area (TPSA) is 94.9 Å². The summed E-state index contributed by atoms with van der Waals surface area (Å²) in [7, 11) is 0. The summed E-state index contributed by atoms with van der Waals surface area (Å²) in [5, 5.41) is 8.35. The van der Waals surface area contributed by atoms with Gasteiger partial charge in [-0.1, -0.05) is 47.1 Å². The third kappa shape index (κ3) is 6.60. The summed E-state index contributed by atoms with van der Waals surface area (Å²) in [4.78, 5) is 25.3. The van der Waals surface area contributed by atoms with E-state index >= 15 is 0 Å². The summed E-state index contributed by atoms with van der Waals surface area (Å²) in [6.07, 6.45) is 0.889. The van der Waals surface area contributed by atoms with Gasteiger partial charge in [0.1, 0.15) is 20.0 Å². The van der Waals surface area contributed by atoms with Crippen LogP contribution in [0.4, 0.5) is 0 Å². The number of aryl methyl sites for hydroxylation is 3. The second kappa shape index (κ2) is 12.2. The number of rotatable bonds is 3. The predicted molar refractivity (Wildman–Crippen MR) is 159 cm³/mol. The van der Waals surface area contributed by atoms with Crippen molar-refractivity contribution in [2.45, 2.75) is 20.8 Å². The number of thiophene rings is 3. The molecule has 12 heteroatoms. The fraction of sp³-hybridized carbons (Fsp3) is 0.136. The van der Waals surface area contributed by atoms with Gasteiger partial charge in [-0.3, -0.25) is 4.79 Å². The molecule has 0 spiro atoms. The van der Waals surface area contributed by atoms with Gasteiger partial charge in [-0.25, -0.2) is 9.97 Å². The van der Waals surface area contributed by atoms with Gasteiger partial charge in [0.2, 0.25) is 0 Å². The summed E-state index contributed by atoms with van der Waals surface area (Å²) in [5.41, 5.74) is 13.5. The molecule has 176 valence electrons. The Kier molecular flexibility index (Phi) is 9.54. The zero-order valence-corrected chi connectivity index (χ0v) is 24.1. The van der Waals surface area contributed by atoms with Crippen molar-refractivity contribution in [2.75, 3.05) is 0 Å². The Balaban J connectivity index is 0.000000192. The van der Waals surface area contributed by atoms with Crippen molar-refractivity contribution in [1.82, 2.24) is 9.97 Å². The van der Waals surface area contributed by atoms with Gasteiger partial charge in [0.25, 0.3) is 0 Å². The number of aldehydes is 1. The van der Waals surface area contributed by atoms with Crippen molar-refractivity contribution in [3.63, 3.8) is 0 Å². The van der Waals surface area contributed by atoms with Crippen molar-refractivity contribution in [1.29, 1.82) is 0 Å². The van der Waals surface area contributed by atoms with Gasteiger partial charge in [-0.05, 0) is 71.8 Å². The number of nitrogens with zero attached hydrogens (tertiary/aromatic N) is 2. The van der Waals surface area contributed by atoms with Crippen molar-refractivity contribution in [3.05, 3.63) is 55.9 Å². The molecular weight excluding hydrogens is 561 g/mol. The molecule has 5 heterocycles. The number of carbonyl (C=O) groups is 1. The molecule has 0 aliphatic rings. The van der Waals surface area contributed by atoms with Crippen molar-refractivity contribution in [3.8, 4) is 19.8 Å². The Morgan fingerprint density at radius 3 is 1.44 bits per heavy atom. The SMILES string of the molecule is Cc1ccsc1-c1nc2sc(-c3sccc3C)nc2s1.Cc1ccsc1C=O.NC(=S)C(N)=S. The van der Waals surface area contributed by atoms with E-state index in [2.05, 4.69) is 61.2 Å². The van der Waals surface area contributed by atoms with Crippen LogP contribution < -0.4 is 11.5 Å². The van der Waals surface area contributed by atoms with Crippen LogP contribution >= 0.6 is 81.1 Å². The van der Waals surface area contributed by atoms with E-state index in [1.165, 1.54) is 32.2 Å². The van der Waals surface area contributed by atoms with E-state index in [4.69, 9.17) is 21.4 Å². The lowest BCUT2D eigenvalue weighted by molar-refractivity contribution is 0.112. The Bertz CT molecular complexity index is 1320. The highest BCUT2D eigenvalue weighted by Gasteiger charge is 2.16.